The fraction of sp³-hybridized carbons (Fsp3) is 0.571. The first-order valence-electron chi connectivity index (χ1n) is 6.20. The van der Waals surface area contributed by atoms with Crippen LogP contribution >= 0.6 is 23.2 Å². The second kappa shape index (κ2) is 5.60. The molecule has 0 aromatic heterocycles. The van der Waals surface area contributed by atoms with E-state index in [2.05, 4.69) is 6.92 Å². The summed E-state index contributed by atoms with van der Waals surface area (Å²) in [6.45, 7) is 2.22. The summed E-state index contributed by atoms with van der Waals surface area (Å²) in [5, 5.41) is 11.7. The van der Waals surface area contributed by atoms with Crippen LogP contribution in [0.3, 0.4) is 0 Å². The zero-order chi connectivity index (χ0) is 12.4. The van der Waals surface area contributed by atoms with E-state index >= 15 is 0 Å². The third-order valence-electron chi connectivity index (χ3n) is 3.86. The molecule has 0 bridgehead atoms. The van der Waals surface area contributed by atoms with Gasteiger partial charge in [0.2, 0.25) is 0 Å². The highest BCUT2D eigenvalue weighted by Crippen LogP contribution is 2.35. The predicted molar refractivity (Wildman–Crippen MR) is 72.7 cm³/mol. The Kier molecular flexibility index (Phi) is 4.35. The Morgan fingerprint density at radius 2 is 2.12 bits per heavy atom. The lowest BCUT2D eigenvalue weighted by molar-refractivity contribution is 0.0902. The Bertz CT molecular complexity index is 392. The first kappa shape index (κ1) is 13.2. The van der Waals surface area contributed by atoms with E-state index in [9.17, 15) is 5.11 Å². The zero-order valence-electron chi connectivity index (χ0n) is 10.00. The van der Waals surface area contributed by atoms with Crippen LogP contribution in [-0.2, 0) is 6.42 Å². The normalized spacial score (nSPS) is 26.1. The molecule has 0 radical (unpaired) electrons. The minimum absolute atomic E-state index is 0.302. The number of hydrogen-bond acceptors (Lipinski definition) is 1. The predicted octanol–water partition coefficient (Wildman–Crippen LogP) is 4.33. The van der Waals surface area contributed by atoms with Crippen LogP contribution in [0.15, 0.2) is 18.2 Å². The van der Waals surface area contributed by atoms with Gasteiger partial charge in [0.05, 0.1) is 6.10 Å². The first-order valence-corrected chi connectivity index (χ1v) is 6.95. The van der Waals surface area contributed by atoms with Gasteiger partial charge >= 0.3 is 0 Å². The quantitative estimate of drug-likeness (QED) is 0.868. The molecular formula is C14H18Cl2O. The van der Waals surface area contributed by atoms with Crippen molar-refractivity contribution in [1.82, 2.24) is 0 Å². The topological polar surface area (TPSA) is 20.2 Å². The molecule has 3 heteroatoms. The molecule has 1 aliphatic carbocycles. The third kappa shape index (κ3) is 3.15. The molecule has 0 saturated heterocycles. The minimum Gasteiger partial charge on any atom is -0.392 e. The van der Waals surface area contributed by atoms with Crippen molar-refractivity contribution in [3.8, 4) is 0 Å². The van der Waals surface area contributed by atoms with Crippen LogP contribution in [0.4, 0.5) is 0 Å². The van der Waals surface area contributed by atoms with Crippen molar-refractivity contribution in [3.63, 3.8) is 0 Å². The first-order chi connectivity index (χ1) is 8.08. The minimum atomic E-state index is -0.302. The molecule has 0 heterocycles. The second-order valence-electron chi connectivity index (χ2n) is 5.08. The Morgan fingerprint density at radius 3 is 2.76 bits per heavy atom. The van der Waals surface area contributed by atoms with Gasteiger partial charge in [-0.15, -0.1) is 0 Å². The molecule has 1 fully saturated rings. The van der Waals surface area contributed by atoms with E-state index in [4.69, 9.17) is 23.2 Å². The number of benzene rings is 1. The maximum Gasteiger partial charge on any atom is 0.0611 e. The Labute approximate surface area is 113 Å². The van der Waals surface area contributed by atoms with Gasteiger partial charge in [0, 0.05) is 16.5 Å². The van der Waals surface area contributed by atoms with Gasteiger partial charge in [0.15, 0.2) is 0 Å². The van der Waals surface area contributed by atoms with Gasteiger partial charge in [-0.2, -0.15) is 0 Å². The highest BCUT2D eigenvalue weighted by Gasteiger charge is 2.29. The molecule has 1 aliphatic rings. The molecular weight excluding hydrogens is 255 g/mol. The molecule has 0 spiro atoms. The van der Waals surface area contributed by atoms with Gasteiger partial charge in [-0.1, -0.05) is 43.0 Å². The average molecular weight is 273 g/mol. The van der Waals surface area contributed by atoms with Crippen molar-refractivity contribution in [1.29, 1.82) is 0 Å². The van der Waals surface area contributed by atoms with Crippen LogP contribution < -0.4 is 0 Å². The van der Waals surface area contributed by atoms with Gasteiger partial charge in [0.25, 0.3) is 0 Å². The van der Waals surface area contributed by atoms with Gasteiger partial charge in [-0.05, 0) is 42.0 Å². The monoisotopic (exact) mass is 272 g/mol. The molecule has 1 aromatic carbocycles. The Hall–Kier alpha value is -0.240. The van der Waals surface area contributed by atoms with E-state index in [1.54, 1.807) is 12.1 Å². The van der Waals surface area contributed by atoms with Crippen molar-refractivity contribution in [2.75, 3.05) is 0 Å². The molecule has 1 nitrogen and oxygen atoms in total. The molecule has 3 unspecified atom stereocenters. The summed E-state index contributed by atoms with van der Waals surface area (Å²) in [5.41, 5.74) is 0.950. The van der Waals surface area contributed by atoms with Gasteiger partial charge in [-0.25, -0.2) is 0 Å². The van der Waals surface area contributed by atoms with Crippen LogP contribution in [0.2, 0.25) is 10.0 Å². The fourth-order valence-corrected chi connectivity index (χ4v) is 3.21. The van der Waals surface area contributed by atoms with Crippen LogP contribution in [0.1, 0.15) is 31.7 Å². The highest BCUT2D eigenvalue weighted by atomic mass is 35.5. The number of aliphatic hydroxyl groups is 1. The lowest BCUT2D eigenvalue weighted by Gasteiger charge is -2.22. The lowest BCUT2D eigenvalue weighted by Crippen LogP contribution is -2.24. The molecule has 3 atom stereocenters. The summed E-state index contributed by atoms with van der Waals surface area (Å²) in [6, 6.07) is 5.43. The van der Waals surface area contributed by atoms with E-state index in [0.717, 1.165) is 12.0 Å². The molecule has 94 valence electrons. The van der Waals surface area contributed by atoms with Crippen LogP contribution in [0, 0.1) is 11.8 Å². The van der Waals surface area contributed by atoms with Crippen molar-refractivity contribution < 1.29 is 5.11 Å². The van der Waals surface area contributed by atoms with Crippen molar-refractivity contribution in [2.45, 2.75) is 38.7 Å². The largest absolute Gasteiger partial charge is 0.392 e. The molecule has 1 N–H and O–H groups in total. The number of aliphatic hydroxyl groups excluding tert-OH is 1. The lowest BCUT2D eigenvalue weighted by atomic mass is 9.88. The summed E-state index contributed by atoms with van der Waals surface area (Å²) < 4.78 is 0. The van der Waals surface area contributed by atoms with E-state index in [0.29, 0.717) is 28.3 Å². The summed E-state index contributed by atoms with van der Waals surface area (Å²) in [7, 11) is 0. The van der Waals surface area contributed by atoms with Gasteiger partial charge in [0.1, 0.15) is 0 Å². The summed E-state index contributed by atoms with van der Waals surface area (Å²) in [4.78, 5) is 0. The molecule has 2 rings (SSSR count). The maximum absolute atomic E-state index is 10.3. The van der Waals surface area contributed by atoms with E-state index in [1.165, 1.54) is 12.8 Å². The fourth-order valence-electron chi connectivity index (χ4n) is 2.82. The molecule has 1 saturated carbocycles. The number of hydrogen-bond donors (Lipinski definition) is 1. The van der Waals surface area contributed by atoms with E-state index in [-0.39, 0.29) is 6.10 Å². The van der Waals surface area contributed by atoms with Crippen LogP contribution in [0.25, 0.3) is 0 Å². The van der Waals surface area contributed by atoms with Crippen LogP contribution in [-0.4, -0.2) is 11.2 Å². The smallest absolute Gasteiger partial charge is 0.0611 e. The summed E-state index contributed by atoms with van der Waals surface area (Å²) in [5.74, 6) is 1.02. The van der Waals surface area contributed by atoms with Crippen LogP contribution in [0.5, 0.6) is 0 Å². The molecule has 1 aromatic rings. The number of rotatable bonds is 3. The summed E-state index contributed by atoms with van der Waals surface area (Å²) >= 11 is 12.1. The molecule has 0 aliphatic heterocycles. The molecule has 0 amide bonds. The van der Waals surface area contributed by atoms with E-state index in [1.807, 2.05) is 6.07 Å². The SMILES string of the molecule is CC1CCCC1C(O)Cc1cc(Cl)ccc1Cl. The molecule has 17 heavy (non-hydrogen) atoms. The zero-order valence-corrected chi connectivity index (χ0v) is 11.5. The van der Waals surface area contributed by atoms with Crippen molar-refractivity contribution in [2.24, 2.45) is 11.8 Å². The standard InChI is InChI=1S/C14H18Cl2O/c1-9-3-2-4-12(9)14(17)8-10-7-11(15)5-6-13(10)16/h5-7,9,12,14,17H,2-4,8H2,1H3. The van der Waals surface area contributed by atoms with Gasteiger partial charge in [-0.3, -0.25) is 0 Å². The van der Waals surface area contributed by atoms with Crippen molar-refractivity contribution in [3.05, 3.63) is 33.8 Å². The van der Waals surface area contributed by atoms with E-state index < -0.39 is 0 Å². The second-order valence-corrected chi connectivity index (χ2v) is 5.92. The highest BCUT2D eigenvalue weighted by molar-refractivity contribution is 6.33. The third-order valence-corrected chi connectivity index (χ3v) is 4.46. The average Bonchev–Trinajstić information content (AvgIpc) is 2.70. The van der Waals surface area contributed by atoms with Gasteiger partial charge < -0.3 is 5.11 Å². The Balaban J connectivity index is 2.07. The van der Waals surface area contributed by atoms with Crippen molar-refractivity contribution >= 4 is 23.2 Å². The maximum atomic E-state index is 10.3. The number of halogens is 2. The Morgan fingerprint density at radius 1 is 1.35 bits per heavy atom. The summed E-state index contributed by atoms with van der Waals surface area (Å²) in [6.07, 6.45) is 3.88.